The van der Waals surface area contributed by atoms with Gasteiger partial charge in [0.15, 0.2) is 0 Å². The predicted molar refractivity (Wildman–Crippen MR) is 51.2 cm³/mol. The van der Waals surface area contributed by atoms with E-state index in [1.165, 1.54) is 0 Å². The Balaban J connectivity index is 2.93. The van der Waals surface area contributed by atoms with Gasteiger partial charge in [0.25, 0.3) is 0 Å². The van der Waals surface area contributed by atoms with Gasteiger partial charge >= 0.3 is 5.97 Å². The van der Waals surface area contributed by atoms with Crippen molar-refractivity contribution in [3.8, 4) is 0 Å². The molecule has 3 nitrogen and oxygen atoms in total. The van der Waals surface area contributed by atoms with Crippen LogP contribution in [0.5, 0.6) is 0 Å². The van der Waals surface area contributed by atoms with Crippen LogP contribution in [-0.2, 0) is 4.79 Å². The van der Waals surface area contributed by atoms with Crippen LogP contribution < -0.4 is 5.73 Å². The van der Waals surface area contributed by atoms with Gasteiger partial charge in [0.2, 0.25) is 0 Å². The minimum absolute atomic E-state index is 0.252. The van der Waals surface area contributed by atoms with Crippen LogP contribution in [0, 0.1) is 0 Å². The van der Waals surface area contributed by atoms with Crippen LogP contribution in [0.15, 0.2) is 35.5 Å². The van der Waals surface area contributed by atoms with E-state index in [1.807, 2.05) is 19.1 Å². The van der Waals surface area contributed by atoms with E-state index in [0.717, 1.165) is 12.0 Å². The zero-order chi connectivity index (χ0) is 9.84. The molecule has 0 aromatic rings. The Morgan fingerprint density at radius 3 is 3.00 bits per heavy atom. The average Bonchev–Trinajstić information content (AvgIpc) is 2.08. The van der Waals surface area contributed by atoms with Crippen molar-refractivity contribution >= 4 is 5.97 Å². The number of rotatable bonds is 2. The van der Waals surface area contributed by atoms with E-state index >= 15 is 0 Å². The molecule has 1 unspecified atom stereocenters. The molecular formula is C10H13NO2. The Hall–Kier alpha value is -1.35. The second kappa shape index (κ2) is 4.05. The monoisotopic (exact) mass is 179 g/mol. The standard InChI is InChI=1S/C10H13NO2/c1-2-4-7-5-3-6-8(9(7)11)10(12)13/h3-6,9H,2,11H2,1H3,(H,12,13). The van der Waals surface area contributed by atoms with Crippen molar-refractivity contribution < 1.29 is 9.90 Å². The lowest BCUT2D eigenvalue weighted by Gasteiger charge is -2.16. The summed E-state index contributed by atoms with van der Waals surface area (Å²) in [5.74, 6) is -0.946. The molecule has 0 saturated heterocycles. The average molecular weight is 179 g/mol. The predicted octanol–water partition coefficient (Wildman–Crippen LogP) is 1.23. The number of hydrogen-bond acceptors (Lipinski definition) is 2. The first-order valence-corrected chi connectivity index (χ1v) is 4.24. The lowest BCUT2D eigenvalue weighted by atomic mass is 9.94. The van der Waals surface area contributed by atoms with Crippen molar-refractivity contribution in [2.45, 2.75) is 19.4 Å². The number of hydrogen-bond donors (Lipinski definition) is 2. The molecule has 0 aromatic carbocycles. The first kappa shape index (κ1) is 9.74. The Morgan fingerprint density at radius 2 is 2.46 bits per heavy atom. The highest BCUT2D eigenvalue weighted by atomic mass is 16.4. The number of carboxylic acids is 1. The molecule has 1 atom stereocenters. The molecule has 1 rings (SSSR count). The fourth-order valence-electron chi connectivity index (χ4n) is 1.28. The second-order valence-electron chi connectivity index (χ2n) is 2.88. The molecule has 0 aliphatic heterocycles. The van der Waals surface area contributed by atoms with Gasteiger partial charge in [0, 0.05) is 0 Å². The molecule has 1 aliphatic carbocycles. The van der Waals surface area contributed by atoms with Gasteiger partial charge in [-0.3, -0.25) is 0 Å². The first-order chi connectivity index (χ1) is 6.16. The third-order valence-corrected chi connectivity index (χ3v) is 1.95. The molecule has 0 fully saturated rings. The van der Waals surface area contributed by atoms with Crippen molar-refractivity contribution in [1.29, 1.82) is 0 Å². The zero-order valence-corrected chi connectivity index (χ0v) is 7.53. The number of aliphatic carboxylic acids is 1. The minimum atomic E-state index is -0.946. The molecule has 13 heavy (non-hydrogen) atoms. The molecule has 0 spiro atoms. The number of nitrogens with two attached hydrogens (primary N) is 1. The lowest BCUT2D eigenvalue weighted by molar-refractivity contribution is -0.132. The van der Waals surface area contributed by atoms with Gasteiger partial charge in [-0.25, -0.2) is 4.79 Å². The molecule has 3 heteroatoms. The van der Waals surface area contributed by atoms with Crippen molar-refractivity contribution in [3.63, 3.8) is 0 Å². The van der Waals surface area contributed by atoms with E-state index in [2.05, 4.69) is 0 Å². The molecule has 0 heterocycles. The SMILES string of the molecule is CCC=C1C=CC=C(C(=O)O)C1N. The maximum Gasteiger partial charge on any atom is 0.333 e. The van der Waals surface area contributed by atoms with Gasteiger partial charge in [0.05, 0.1) is 11.6 Å². The topological polar surface area (TPSA) is 63.3 Å². The van der Waals surface area contributed by atoms with Crippen LogP contribution in [0.4, 0.5) is 0 Å². The summed E-state index contributed by atoms with van der Waals surface area (Å²) in [5, 5.41) is 8.79. The molecule has 70 valence electrons. The van der Waals surface area contributed by atoms with Gasteiger partial charge in [-0.15, -0.1) is 0 Å². The highest BCUT2D eigenvalue weighted by molar-refractivity contribution is 5.90. The van der Waals surface area contributed by atoms with E-state index in [-0.39, 0.29) is 5.57 Å². The van der Waals surface area contributed by atoms with Gasteiger partial charge < -0.3 is 10.8 Å². The van der Waals surface area contributed by atoms with E-state index in [1.54, 1.807) is 12.2 Å². The zero-order valence-electron chi connectivity index (χ0n) is 7.53. The molecule has 0 radical (unpaired) electrons. The van der Waals surface area contributed by atoms with Gasteiger partial charge in [-0.1, -0.05) is 25.2 Å². The van der Waals surface area contributed by atoms with Crippen molar-refractivity contribution in [2.24, 2.45) is 5.73 Å². The maximum absolute atomic E-state index is 10.7. The molecular weight excluding hydrogens is 166 g/mol. The minimum Gasteiger partial charge on any atom is -0.478 e. The third kappa shape index (κ3) is 2.06. The normalized spacial score (nSPS) is 24.6. The maximum atomic E-state index is 10.7. The highest BCUT2D eigenvalue weighted by Gasteiger charge is 2.20. The Bertz CT molecular complexity index is 300. The van der Waals surface area contributed by atoms with Crippen LogP contribution in [0.1, 0.15) is 13.3 Å². The highest BCUT2D eigenvalue weighted by Crippen LogP contribution is 2.17. The smallest absolute Gasteiger partial charge is 0.333 e. The van der Waals surface area contributed by atoms with Crippen LogP contribution in [0.25, 0.3) is 0 Å². The molecule has 0 saturated carbocycles. The summed E-state index contributed by atoms with van der Waals surface area (Å²) in [6.45, 7) is 1.99. The molecule has 0 bridgehead atoms. The summed E-state index contributed by atoms with van der Waals surface area (Å²) in [6.07, 6.45) is 7.91. The fraction of sp³-hybridized carbons (Fsp3) is 0.300. The van der Waals surface area contributed by atoms with Crippen LogP contribution in [-0.4, -0.2) is 17.1 Å². The fourth-order valence-corrected chi connectivity index (χ4v) is 1.28. The summed E-state index contributed by atoms with van der Waals surface area (Å²) < 4.78 is 0. The van der Waals surface area contributed by atoms with Crippen LogP contribution in [0.2, 0.25) is 0 Å². The second-order valence-corrected chi connectivity index (χ2v) is 2.88. The van der Waals surface area contributed by atoms with Gasteiger partial charge in [-0.2, -0.15) is 0 Å². The number of allylic oxidation sites excluding steroid dienone is 3. The van der Waals surface area contributed by atoms with E-state index in [9.17, 15) is 4.79 Å². The van der Waals surface area contributed by atoms with Crippen molar-refractivity contribution in [3.05, 3.63) is 35.5 Å². The van der Waals surface area contributed by atoms with E-state index in [4.69, 9.17) is 10.8 Å². The van der Waals surface area contributed by atoms with Crippen LogP contribution in [0.3, 0.4) is 0 Å². The van der Waals surface area contributed by atoms with Crippen molar-refractivity contribution in [1.82, 2.24) is 0 Å². The number of carbonyl (C=O) groups is 1. The lowest BCUT2D eigenvalue weighted by Crippen LogP contribution is -2.30. The quantitative estimate of drug-likeness (QED) is 0.670. The van der Waals surface area contributed by atoms with E-state index in [0.29, 0.717) is 0 Å². The third-order valence-electron chi connectivity index (χ3n) is 1.95. The molecule has 1 aliphatic rings. The Labute approximate surface area is 77.2 Å². The summed E-state index contributed by atoms with van der Waals surface area (Å²) in [6, 6.07) is -0.484. The largest absolute Gasteiger partial charge is 0.478 e. The first-order valence-electron chi connectivity index (χ1n) is 4.24. The Morgan fingerprint density at radius 1 is 1.77 bits per heavy atom. The summed E-state index contributed by atoms with van der Waals surface area (Å²) in [7, 11) is 0. The van der Waals surface area contributed by atoms with Gasteiger partial charge in [-0.05, 0) is 18.1 Å². The van der Waals surface area contributed by atoms with Crippen molar-refractivity contribution in [2.75, 3.05) is 0 Å². The van der Waals surface area contributed by atoms with E-state index < -0.39 is 12.0 Å². The molecule has 0 amide bonds. The summed E-state index contributed by atoms with van der Waals surface area (Å²) >= 11 is 0. The molecule has 3 N–H and O–H groups in total. The Kier molecular flexibility index (Phi) is 3.03. The summed E-state index contributed by atoms with van der Waals surface area (Å²) in [5.41, 5.74) is 6.87. The van der Waals surface area contributed by atoms with Gasteiger partial charge in [0.1, 0.15) is 0 Å². The number of carboxylic acid groups (broad SMARTS) is 1. The molecule has 0 aromatic heterocycles. The summed E-state index contributed by atoms with van der Waals surface area (Å²) in [4.78, 5) is 10.7. The van der Waals surface area contributed by atoms with Crippen LogP contribution >= 0.6 is 0 Å².